The third kappa shape index (κ3) is 1.75. The van der Waals surface area contributed by atoms with E-state index in [-0.39, 0.29) is 5.60 Å². The van der Waals surface area contributed by atoms with Crippen molar-refractivity contribution in [1.82, 2.24) is 0 Å². The topological polar surface area (TPSA) is 35.2 Å². The van der Waals surface area contributed by atoms with Gasteiger partial charge in [0.05, 0.1) is 11.7 Å². The molecular weight excluding hydrogens is 210 g/mol. The first-order chi connectivity index (χ1) is 8.36. The molecule has 1 fully saturated rings. The number of nitrogens with two attached hydrogens (primary N) is 1. The lowest BCUT2D eigenvalue weighted by Gasteiger charge is -2.35. The molecule has 2 N–H and O–H groups in total. The van der Waals surface area contributed by atoms with E-state index in [0.29, 0.717) is 6.10 Å². The molecule has 2 unspecified atom stereocenters. The molecule has 3 rings (SSSR count). The Morgan fingerprint density at radius 1 is 1.47 bits per heavy atom. The van der Waals surface area contributed by atoms with Crippen molar-refractivity contribution in [2.75, 3.05) is 0 Å². The van der Waals surface area contributed by atoms with Crippen LogP contribution in [0.2, 0.25) is 0 Å². The summed E-state index contributed by atoms with van der Waals surface area (Å²) >= 11 is 0. The molecule has 0 spiro atoms. The summed E-state index contributed by atoms with van der Waals surface area (Å²) in [6, 6.07) is 0. The van der Waals surface area contributed by atoms with Gasteiger partial charge in [0.2, 0.25) is 0 Å². The molecule has 2 aliphatic carbocycles. The molecule has 0 aromatic rings. The quantitative estimate of drug-likeness (QED) is 0.792. The van der Waals surface area contributed by atoms with E-state index in [1.807, 2.05) is 0 Å². The molecule has 0 aromatic heterocycles. The molecule has 3 aliphatic rings. The van der Waals surface area contributed by atoms with E-state index in [0.717, 1.165) is 19.3 Å². The first-order valence-corrected chi connectivity index (χ1v) is 6.80. The minimum atomic E-state index is -0.0111. The SMILES string of the molecule is NC=CCC12CCCCC1=C1C=CCCC1O2. The summed E-state index contributed by atoms with van der Waals surface area (Å²) in [6.07, 6.45) is 16.9. The highest BCUT2D eigenvalue weighted by Gasteiger charge is 2.46. The molecule has 0 aromatic carbocycles. The van der Waals surface area contributed by atoms with E-state index in [2.05, 4.69) is 18.2 Å². The van der Waals surface area contributed by atoms with E-state index in [1.54, 1.807) is 11.8 Å². The molecule has 0 bridgehead atoms. The van der Waals surface area contributed by atoms with Crippen LogP contribution in [0.15, 0.2) is 35.6 Å². The number of fused-ring (bicyclic) bond motifs is 2. The van der Waals surface area contributed by atoms with Crippen LogP contribution in [0.3, 0.4) is 0 Å². The standard InChI is InChI=1S/C15H21NO/c16-11-5-10-15-9-4-3-7-13(15)12-6-1-2-8-14(12)17-15/h1,5-6,11,14H,2-4,7-10,16H2. The fourth-order valence-corrected chi connectivity index (χ4v) is 3.57. The summed E-state index contributed by atoms with van der Waals surface area (Å²) in [7, 11) is 0. The third-order valence-corrected chi connectivity index (χ3v) is 4.35. The van der Waals surface area contributed by atoms with Crippen molar-refractivity contribution < 1.29 is 4.74 Å². The second kappa shape index (κ2) is 4.34. The number of hydrogen-bond acceptors (Lipinski definition) is 2. The van der Waals surface area contributed by atoms with Crippen LogP contribution in [0.25, 0.3) is 0 Å². The van der Waals surface area contributed by atoms with Crippen molar-refractivity contribution in [3.8, 4) is 0 Å². The van der Waals surface area contributed by atoms with Crippen LogP contribution in [0.4, 0.5) is 0 Å². The summed E-state index contributed by atoms with van der Waals surface area (Å²) in [5.41, 5.74) is 8.55. The maximum Gasteiger partial charge on any atom is 0.0941 e. The van der Waals surface area contributed by atoms with Crippen LogP contribution in [0.1, 0.15) is 44.9 Å². The first-order valence-electron chi connectivity index (χ1n) is 6.80. The summed E-state index contributed by atoms with van der Waals surface area (Å²) in [4.78, 5) is 0. The van der Waals surface area contributed by atoms with Crippen LogP contribution in [0.5, 0.6) is 0 Å². The van der Waals surface area contributed by atoms with Crippen LogP contribution in [0, 0.1) is 0 Å². The fourth-order valence-electron chi connectivity index (χ4n) is 3.57. The van der Waals surface area contributed by atoms with Crippen molar-refractivity contribution in [3.05, 3.63) is 35.6 Å². The lowest BCUT2D eigenvalue weighted by atomic mass is 9.76. The lowest BCUT2D eigenvalue weighted by molar-refractivity contribution is -0.0454. The Morgan fingerprint density at radius 2 is 2.41 bits per heavy atom. The van der Waals surface area contributed by atoms with E-state index in [1.165, 1.54) is 31.3 Å². The van der Waals surface area contributed by atoms with Crippen molar-refractivity contribution in [2.24, 2.45) is 5.73 Å². The highest BCUT2D eigenvalue weighted by atomic mass is 16.5. The molecule has 2 heteroatoms. The maximum absolute atomic E-state index is 6.43. The Hall–Kier alpha value is -1.02. The third-order valence-electron chi connectivity index (χ3n) is 4.35. The number of allylic oxidation sites excluding steroid dienone is 1. The van der Waals surface area contributed by atoms with Crippen LogP contribution in [-0.4, -0.2) is 11.7 Å². The molecule has 1 heterocycles. The summed E-state index contributed by atoms with van der Waals surface area (Å²) in [6.45, 7) is 0. The van der Waals surface area contributed by atoms with E-state index in [4.69, 9.17) is 10.5 Å². The van der Waals surface area contributed by atoms with Gasteiger partial charge in [-0.1, -0.05) is 18.2 Å². The van der Waals surface area contributed by atoms with Gasteiger partial charge in [-0.05, 0) is 62.3 Å². The van der Waals surface area contributed by atoms with Gasteiger partial charge >= 0.3 is 0 Å². The summed E-state index contributed by atoms with van der Waals surface area (Å²) in [5, 5.41) is 0. The predicted octanol–water partition coefficient (Wildman–Crippen LogP) is 3.21. The maximum atomic E-state index is 6.43. The number of rotatable bonds is 2. The van der Waals surface area contributed by atoms with Gasteiger partial charge in [0.1, 0.15) is 0 Å². The zero-order chi connectivity index (χ0) is 11.7. The monoisotopic (exact) mass is 231 g/mol. The Kier molecular flexibility index (Phi) is 2.83. The zero-order valence-corrected chi connectivity index (χ0v) is 10.3. The van der Waals surface area contributed by atoms with Gasteiger partial charge in [-0.15, -0.1) is 0 Å². The van der Waals surface area contributed by atoms with Crippen molar-refractivity contribution in [1.29, 1.82) is 0 Å². The van der Waals surface area contributed by atoms with Crippen molar-refractivity contribution >= 4 is 0 Å². The molecule has 1 aliphatic heterocycles. The summed E-state index contributed by atoms with van der Waals surface area (Å²) < 4.78 is 6.43. The minimum Gasteiger partial charge on any atom is -0.405 e. The number of ether oxygens (including phenoxy) is 1. The molecule has 0 amide bonds. The molecule has 92 valence electrons. The largest absolute Gasteiger partial charge is 0.405 e. The Morgan fingerprint density at radius 3 is 3.29 bits per heavy atom. The minimum absolute atomic E-state index is 0.0111. The van der Waals surface area contributed by atoms with Gasteiger partial charge in [0, 0.05) is 0 Å². The molecule has 1 saturated carbocycles. The molecule has 0 saturated heterocycles. The van der Waals surface area contributed by atoms with E-state index < -0.39 is 0 Å². The van der Waals surface area contributed by atoms with Gasteiger partial charge < -0.3 is 10.5 Å². The molecular formula is C15H21NO. The van der Waals surface area contributed by atoms with Crippen LogP contribution in [-0.2, 0) is 4.74 Å². The fraction of sp³-hybridized carbons (Fsp3) is 0.600. The van der Waals surface area contributed by atoms with Gasteiger partial charge in [-0.3, -0.25) is 0 Å². The average molecular weight is 231 g/mol. The second-order valence-electron chi connectivity index (χ2n) is 5.35. The molecule has 0 radical (unpaired) electrons. The zero-order valence-electron chi connectivity index (χ0n) is 10.3. The molecule has 17 heavy (non-hydrogen) atoms. The van der Waals surface area contributed by atoms with Gasteiger partial charge in [-0.2, -0.15) is 0 Å². The Balaban J connectivity index is 1.97. The Labute approximate surface area is 103 Å². The highest BCUT2D eigenvalue weighted by molar-refractivity contribution is 5.42. The van der Waals surface area contributed by atoms with Crippen LogP contribution >= 0.6 is 0 Å². The summed E-state index contributed by atoms with van der Waals surface area (Å²) in [5.74, 6) is 0. The van der Waals surface area contributed by atoms with Gasteiger partial charge in [0.15, 0.2) is 0 Å². The van der Waals surface area contributed by atoms with Gasteiger partial charge in [-0.25, -0.2) is 0 Å². The second-order valence-corrected chi connectivity index (χ2v) is 5.35. The van der Waals surface area contributed by atoms with E-state index in [9.17, 15) is 0 Å². The average Bonchev–Trinajstić information content (AvgIpc) is 2.71. The lowest BCUT2D eigenvalue weighted by Crippen LogP contribution is -2.34. The Bertz CT molecular complexity index is 394. The normalized spacial score (nSPS) is 36.4. The van der Waals surface area contributed by atoms with E-state index >= 15 is 0 Å². The predicted molar refractivity (Wildman–Crippen MR) is 69.4 cm³/mol. The van der Waals surface area contributed by atoms with Crippen molar-refractivity contribution in [2.45, 2.75) is 56.7 Å². The van der Waals surface area contributed by atoms with Crippen LogP contribution < -0.4 is 5.73 Å². The highest BCUT2D eigenvalue weighted by Crippen LogP contribution is 2.49. The molecule has 2 nitrogen and oxygen atoms in total. The van der Waals surface area contributed by atoms with Gasteiger partial charge in [0.25, 0.3) is 0 Å². The first kappa shape index (κ1) is 11.1. The molecule has 2 atom stereocenters. The number of hydrogen-bond donors (Lipinski definition) is 1. The smallest absolute Gasteiger partial charge is 0.0941 e. The van der Waals surface area contributed by atoms with Crippen molar-refractivity contribution in [3.63, 3.8) is 0 Å².